The minimum atomic E-state index is -4.37. The van der Waals surface area contributed by atoms with Gasteiger partial charge < -0.3 is 10.6 Å². The van der Waals surface area contributed by atoms with Crippen LogP contribution < -0.4 is 15.4 Å². The van der Waals surface area contributed by atoms with Crippen molar-refractivity contribution >= 4 is 16.0 Å². The van der Waals surface area contributed by atoms with Crippen LogP contribution in [0.5, 0.6) is 0 Å². The van der Waals surface area contributed by atoms with E-state index >= 15 is 0 Å². The number of hydrogen-bond donors (Lipinski definition) is 3. The van der Waals surface area contributed by atoms with Gasteiger partial charge in [0.25, 0.3) is 0 Å². The number of pyridine rings is 1. The summed E-state index contributed by atoms with van der Waals surface area (Å²) in [6.45, 7) is 0.629. The number of rotatable bonds is 7. The molecule has 0 bridgehead atoms. The summed E-state index contributed by atoms with van der Waals surface area (Å²) < 4.78 is 64.2. The molecule has 0 spiro atoms. The third kappa shape index (κ3) is 6.50. The summed E-state index contributed by atoms with van der Waals surface area (Å²) in [4.78, 5) is 7.81. The largest absolute Gasteiger partial charge is 0.416 e. The molecule has 1 aromatic heterocycles. The van der Waals surface area contributed by atoms with Gasteiger partial charge in [0.1, 0.15) is 4.90 Å². The van der Waals surface area contributed by atoms with Gasteiger partial charge in [-0.2, -0.15) is 13.2 Å². The molecule has 0 saturated carbocycles. The number of nitrogens with one attached hydrogen (secondary N) is 3. The first kappa shape index (κ1) is 21.6. The molecule has 0 radical (unpaired) electrons. The van der Waals surface area contributed by atoms with Crippen molar-refractivity contribution in [2.75, 3.05) is 20.1 Å². The van der Waals surface area contributed by atoms with E-state index in [1.54, 1.807) is 0 Å². The smallest absolute Gasteiger partial charge is 0.355 e. The lowest BCUT2D eigenvalue weighted by Gasteiger charge is -2.13. The summed E-state index contributed by atoms with van der Waals surface area (Å²) in [6.07, 6.45) is -1.64. The third-order valence-corrected chi connectivity index (χ3v) is 5.07. The van der Waals surface area contributed by atoms with E-state index in [0.717, 1.165) is 12.1 Å². The van der Waals surface area contributed by atoms with Crippen LogP contribution in [0.15, 0.2) is 58.7 Å². The Morgan fingerprint density at radius 2 is 1.82 bits per heavy atom. The highest BCUT2D eigenvalue weighted by atomic mass is 32.2. The summed E-state index contributed by atoms with van der Waals surface area (Å²) in [5.74, 6) is 0.389. The molecule has 2 rings (SSSR count). The first-order valence-electron chi connectivity index (χ1n) is 8.23. The number of halogens is 3. The van der Waals surface area contributed by atoms with Gasteiger partial charge in [0.15, 0.2) is 5.96 Å². The van der Waals surface area contributed by atoms with E-state index in [4.69, 9.17) is 0 Å². The quantitative estimate of drug-likeness (QED) is 0.364. The average molecular weight is 415 g/mol. The number of benzene rings is 1. The zero-order chi connectivity index (χ0) is 20.6. The average Bonchev–Trinajstić information content (AvgIpc) is 2.68. The second-order valence-electron chi connectivity index (χ2n) is 5.63. The van der Waals surface area contributed by atoms with Crippen LogP contribution in [0.4, 0.5) is 13.2 Å². The summed E-state index contributed by atoms with van der Waals surface area (Å²) in [5.41, 5.74) is -0.0621. The molecule has 0 atom stereocenters. The van der Waals surface area contributed by atoms with Crippen LogP contribution in [0.1, 0.15) is 11.1 Å². The van der Waals surface area contributed by atoms with Crippen LogP contribution in [-0.4, -0.2) is 39.5 Å². The Morgan fingerprint density at radius 3 is 2.39 bits per heavy atom. The normalized spacial score (nSPS) is 12.6. The Labute approximate surface area is 161 Å². The zero-order valence-corrected chi connectivity index (χ0v) is 15.8. The lowest BCUT2D eigenvalue weighted by atomic mass is 10.1. The van der Waals surface area contributed by atoms with Crippen LogP contribution in [0, 0.1) is 0 Å². The third-order valence-electron chi connectivity index (χ3n) is 3.62. The van der Waals surface area contributed by atoms with Gasteiger partial charge in [0.05, 0.1) is 5.56 Å². The number of guanidine groups is 1. The molecule has 2 aromatic rings. The van der Waals surface area contributed by atoms with Gasteiger partial charge in [-0.05, 0) is 29.8 Å². The molecule has 0 aliphatic heterocycles. The van der Waals surface area contributed by atoms with Crippen LogP contribution in [-0.2, 0) is 22.7 Å². The molecule has 28 heavy (non-hydrogen) atoms. The van der Waals surface area contributed by atoms with E-state index in [0.29, 0.717) is 11.5 Å². The molecular formula is C17H20F3N5O2S. The first-order chi connectivity index (χ1) is 13.2. The molecule has 0 amide bonds. The number of aromatic nitrogens is 1. The molecule has 7 nitrogen and oxygen atoms in total. The van der Waals surface area contributed by atoms with Gasteiger partial charge in [-0.25, -0.2) is 13.1 Å². The fraction of sp³-hybridized carbons (Fsp3) is 0.294. The molecule has 0 aliphatic rings. The number of nitrogens with zero attached hydrogens (tertiary/aromatic N) is 2. The number of sulfonamides is 1. The van der Waals surface area contributed by atoms with Gasteiger partial charge in [-0.15, -0.1) is 0 Å². The van der Waals surface area contributed by atoms with E-state index in [1.165, 1.54) is 43.7 Å². The molecule has 3 N–H and O–H groups in total. The molecule has 1 heterocycles. The number of alkyl halides is 3. The van der Waals surface area contributed by atoms with Crippen molar-refractivity contribution in [2.45, 2.75) is 17.6 Å². The molecule has 0 fully saturated rings. The summed E-state index contributed by atoms with van der Waals surface area (Å²) in [5, 5.41) is 5.86. The molecule has 0 aliphatic carbocycles. The summed E-state index contributed by atoms with van der Waals surface area (Å²) in [6, 6.07) is 7.75. The Bertz CT molecular complexity index is 885. The molecular weight excluding hydrogens is 395 g/mol. The zero-order valence-electron chi connectivity index (χ0n) is 15.0. The Kier molecular flexibility index (Phi) is 7.35. The van der Waals surface area contributed by atoms with Crippen LogP contribution >= 0.6 is 0 Å². The van der Waals surface area contributed by atoms with Crippen LogP contribution in [0.25, 0.3) is 0 Å². The van der Waals surface area contributed by atoms with E-state index < -0.39 is 21.8 Å². The van der Waals surface area contributed by atoms with Crippen LogP contribution in [0.2, 0.25) is 0 Å². The monoisotopic (exact) mass is 415 g/mol. The topological polar surface area (TPSA) is 95.5 Å². The van der Waals surface area contributed by atoms with E-state index in [2.05, 4.69) is 25.3 Å². The van der Waals surface area contributed by atoms with Crippen molar-refractivity contribution in [1.29, 1.82) is 0 Å². The first-order valence-corrected chi connectivity index (χ1v) is 9.71. The minimum absolute atomic E-state index is 0.0693. The van der Waals surface area contributed by atoms with E-state index in [1.807, 2.05) is 0 Å². The van der Waals surface area contributed by atoms with Gasteiger partial charge in [0, 0.05) is 39.1 Å². The molecule has 11 heteroatoms. The predicted molar refractivity (Wildman–Crippen MR) is 99.1 cm³/mol. The highest BCUT2D eigenvalue weighted by Gasteiger charge is 2.29. The van der Waals surface area contributed by atoms with Gasteiger partial charge >= 0.3 is 6.18 Å². The Balaban J connectivity index is 1.77. The Morgan fingerprint density at radius 1 is 1.11 bits per heavy atom. The fourth-order valence-electron chi connectivity index (χ4n) is 2.17. The lowest BCUT2D eigenvalue weighted by molar-refractivity contribution is -0.137. The second-order valence-corrected chi connectivity index (χ2v) is 7.40. The molecule has 152 valence electrons. The van der Waals surface area contributed by atoms with Crippen LogP contribution in [0.3, 0.4) is 0 Å². The van der Waals surface area contributed by atoms with E-state index in [-0.39, 0.29) is 24.5 Å². The van der Waals surface area contributed by atoms with Crippen molar-refractivity contribution < 1.29 is 21.6 Å². The standard InChI is InChI=1S/C17H20F3N5O2S/c1-21-16(24-11-13-4-6-14(7-5-13)17(18,19)20)23-9-10-25-28(26,27)15-3-2-8-22-12-15/h2-8,12,25H,9-11H2,1H3,(H2,21,23,24). The SMILES string of the molecule is CN=C(NCCNS(=O)(=O)c1cccnc1)NCc1ccc(C(F)(F)F)cc1. The van der Waals surface area contributed by atoms with Crippen molar-refractivity contribution in [3.05, 3.63) is 59.9 Å². The van der Waals surface area contributed by atoms with Crippen molar-refractivity contribution in [2.24, 2.45) is 4.99 Å². The Hall–Kier alpha value is -2.66. The lowest BCUT2D eigenvalue weighted by Crippen LogP contribution is -2.41. The number of aliphatic imine (C=N–C) groups is 1. The fourth-order valence-corrected chi connectivity index (χ4v) is 3.17. The van der Waals surface area contributed by atoms with Crippen molar-refractivity contribution in [1.82, 2.24) is 20.3 Å². The summed E-state index contributed by atoms with van der Waals surface area (Å²) in [7, 11) is -2.11. The summed E-state index contributed by atoms with van der Waals surface area (Å²) >= 11 is 0. The second kappa shape index (κ2) is 9.51. The van der Waals surface area contributed by atoms with E-state index in [9.17, 15) is 21.6 Å². The number of hydrogen-bond acceptors (Lipinski definition) is 4. The molecule has 0 unspecified atom stereocenters. The van der Waals surface area contributed by atoms with Gasteiger partial charge in [-0.3, -0.25) is 9.98 Å². The molecule has 0 saturated heterocycles. The maximum absolute atomic E-state index is 12.6. The predicted octanol–water partition coefficient (Wildman–Crippen LogP) is 1.74. The van der Waals surface area contributed by atoms with Crippen molar-refractivity contribution in [3.8, 4) is 0 Å². The van der Waals surface area contributed by atoms with Crippen molar-refractivity contribution in [3.63, 3.8) is 0 Å². The highest BCUT2D eigenvalue weighted by Crippen LogP contribution is 2.28. The maximum atomic E-state index is 12.6. The van der Waals surface area contributed by atoms with Gasteiger partial charge in [-0.1, -0.05) is 12.1 Å². The minimum Gasteiger partial charge on any atom is -0.355 e. The molecule has 1 aromatic carbocycles. The maximum Gasteiger partial charge on any atom is 0.416 e. The van der Waals surface area contributed by atoms with Gasteiger partial charge in [0.2, 0.25) is 10.0 Å². The highest BCUT2D eigenvalue weighted by molar-refractivity contribution is 7.89.